The third kappa shape index (κ3) is 5.90. The highest BCUT2D eigenvalue weighted by molar-refractivity contribution is 7.88. The zero-order chi connectivity index (χ0) is 20.3. The number of halogens is 3. The Morgan fingerprint density at radius 1 is 1.26 bits per heavy atom. The summed E-state index contributed by atoms with van der Waals surface area (Å²) in [6.07, 6.45) is 0.274. The lowest BCUT2D eigenvalue weighted by Crippen LogP contribution is -2.53. The van der Waals surface area contributed by atoms with Gasteiger partial charge < -0.3 is 5.11 Å². The van der Waals surface area contributed by atoms with E-state index in [1.807, 2.05) is 0 Å². The van der Waals surface area contributed by atoms with Crippen LogP contribution in [0, 0.1) is 0 Å². The summed E-state index contributed by atoms with van der Waals surface area (Å²) in [4.78, 5) is 11.3. The van der Waals surface area contributed by atoms with E-state index in [4.69, 9.17) is 9.90 Å². The van der Waals surface area contributed by atoms with Crippen molar-refractivity contribution in [1.82, 2.24) is 9.21 Å². The Balaban J connectivity index is 0.000000321. The van der Waals surface area contributed by atoms with Gasteiger partial charge >= 0.3 is 12.1 Å². The Bertz CT molecular complexity index is 727. The fourth-order valence-electron chi connectivity index (χ4n) is 3.70. The fourth-order valence-corrected chi connectivity index (χ4v) is 5.80. The second-order valence-electron chi connectivity index (χ2n) is 6.87. The number of sulfonamides is 1. The maximum absolute atomic E-state index is 12.0. The highest BCUT2D eigenvalue weighted by Crippen LogP contribution is 2.40. The largest absolute Gasteiger partial charge is 0.490 e. The van der Waals surface area contributed by atoms with Gasteiger partial charge in [-0.2, -0.15) is 28.8 Å². The number of likely N-dealkylation sites (tertiary alicyclic amines) is 1. The van der Waals surface area contributed by atoms with E-state index in [-0.39, 0.29) is 5.54 Å². The normalized spacial score (nSPS) is 21.0. The molecule has 2 saturated heterocycles. The molecule has 1 spiro atoms. The van der Waals surface area contributed by atoms with Crippen LogP contribution in [0.2, 0.25) is 0 Å². The lowest BCUT2D eigenvalue weighted by molar-refractivity contribution is -0.192. The molecule has 0 radical (unpaired) electrons. The number of aliphatic carboxylic acids is 1. The molecule has 3 rings (SSSR count). The Kier molecular flexibility index (Phi) is 6.93. The number of alkyl halides is 3. The summed E-state index contributed by atoms with van der Waals surface area (Å²) < 4.78 is 57.4. The second kappa shape index (κ2) is 8.46. The number of carboxylic acid groups (broad SMARTS) is 1. The van der Waals surface area contributed by atoms with Gasteiger partial charge in [0.15, 0.2) is 0 Å². The van der Waals surface area contributed by atoms with Crippen molar-refractivity contribution in [1.29, 1.82) is 0 Å². The predicted octanol–water partition coefficient (Wildman–Crippen LogP) is 2.77. The Hall–Kier alpha value is -1.17. The molecule has 27 heavy (non-hydrogen) atoms. The molecule has 3 heterocycles. The number of carbonyl (C=O) groups is 1. The smallest absolute Gasteiger partial charge is 0.475 e. The molecule has 0 saturated carbocycles. The predicted molar refractivity (Wildman–Crippen MR) is 96.0 cm³/mol. The topological polar surface area (TPSA) is 77.9 Å². The minimum atomic E-state index is -5.08. The van der Waals surface area contributed by atoms with E-state index in [0.717, 1.165) is 45.3 Å². The maximum Gasteiger partial charge on any atom is 0.490 e. The summed E-state index contributed by atoms with van der Waals surface area (Å²) in [6.45, 7) is 3.71. The van der Waals surface area contributed by atoms with Crippen LogP contribution >= 0.6 is 11.3 Å². The third-order valence-corrected chi connectivity index (χ3v) is 7.05. The molecule has 154 valence electrons. The average molecular weight is 428 g/mol. The van der Waals surface area contributed by atoms with Gasteiger partial charge in [0.1, 0.15) is 0 Å². The number of hydrogen-bond acceptors (Lipinski definition) is 5. The van der Waals surface area contributed by atoms with Crippen molar-refractivity contribution in [3.05, 3.63) is 22.4 Å². The summed E-state index contributed by atoms with van der Waals surface area (Å²) in [7, 11) is -3.06. The van der Waals surface area contributed by atoms with Crippen LogP contribution in [0.5, 0.6) is 0 Å². The van der Waals surface area contributed by atoms with Crippen molar-refractivity contribution in [2.75, 3.05) is 25.9 Å². The Morgan fingerprint density at radius 3 is 2.30 bits per heavy atom. The summed E-state index contributed by atoms with van der Waals surface area (Å²) in [6, 6.07) is 2.17. The molecular weight excluding hydrogens is 405 g/mol. The molecule has 0 atom stereocenters. The molecule has 0 aliphatic carbocycles. The first-order valence-electron chi connectivity index (χ1n) is 8.45. The summed E-state index contributed by atoms with van der Waals surface area (Å²) in [5.41, 5.74) is 1.29. The number of rotatable bonds is 3. The quantitative estimate of drug-likeness (QED) is 0.801. The van der Waals surface area contributed by atoms with Crippen LogP contribution in [0.3, 0.4) is 0 Å². The zero-order valence-electron chi connectivity index (χ0n) is 14.9. The molecule has 6 nitrogen and oxygen atoms in total. The van der Waals surface area contributed by atoms with Crippen molar-refractivity contribution in [2.24, 2.45) is 0 Å². The molecule has 2 fully saturated rings. The minimum absolute atomic E-state index is 0.0846. The molecule has 0 bridgehead atoms. The molecule has 1 aromatic heterocycles. The van der Waals surface area contributed by atoms with Gasteiger partial charge in [0.25, 0.3) is 0 Å². The second-order valence-corrected chi connectivity index (χ2v) is 9.56. The summed E-state index contributed by atoms with van der Waals surface area (Å²) in [5, 5.41) is 11.4. The first kappa shape index (κ1) is 22.1. The van der Waals surface area contributed by atoms with Crippen molar-refractivity contribution < 1.29 is 31.5 Å². The van der Waals surface area contributed by atoms with Crippen LogP contribution in [-0.4, -0.2) is 66.3 Å². The number of hydrogen-bond donors (Lipinski definition) is 1. The Morgan fingerprint density at radius 2 is 1.85 bits per heavy atom. The van der Waals surface area contributed by atoms with Gasteiger partial charge in [-0.05, 0) is 48.1 Å². The van der Waals surface area contributed by atoms with Crippen molar-refractivity contribution in [3.63, 3.8) is 0 Å². The monoisotopic (exact) mass is 428 g/mol. The van der Waals surface area contributed by atoms with Gasteiger partial charge in [-0.3, -0.25) is 4.90 Å². The highest BCUT2D eigenvalue weighted by Gasteiger charge is 2.47. The maximum atomic E-state index is 12.0. The van der Waals surface area contributed by atoms with Crippen molar-refractivity contribution in [3.8, 4) is 0 Å². The molecule has 2 aliphatic rings. The molecule has 1 N–H and O–H groups in total. The zero-order valence-corrected chi connectivity index (χ0v) is 16.5. The summed E-state index contributed by atoms with van der Waals surface area (Å²) in [5.74, 6) is -2.76. The Labute approximate surface area is 160 Å². The number of nitrogens with zero attached hydrogens (tertiary/aromatic N) is 2. The van der Waals surface area contributed by atoms with Crippen LogP contribution in [0.4, 0.5) is 13.2 Å². The van der Waals surface area contributed by atoms with E-state index in [9.17, 15) is 21.6 Å². The molecule has 11 heteroatoms. The lowest BCUT2D eigenvalue weighted by Gasteiger charge is -2.43. The van der Waals surface area contributed by atoms with Gasteiger partial charge in [-0.15, -0.1) is 0 Å². The van der Waals surface area contributed by atoms with Gasteiger partial charge in [-0.1, -0.05) is 0 Å². The SMILES string of the molecule is CS(=O)(=O)N1CCCC12CCN(Cc1ccsc1)CC2.O=C(O)C(F)(F)F. The molecular formula is C16H23F3N2O4S2. The van der Waals surface area contributed by atoms with E-state index in [1.54, 1.807) is 15.6 Å². The van der Waals surface area contributed by atoms with Crippen LogP contribution < -0.4 is 0 Å². The van der Waals surface area contributed by atoms with Crippen LogP contribution in [0.1, 0.15) is 31.2 Å². The van der Waals surface area contributed by atoms with E-state index < -0.39 is 22.2 Å². The summed E-state index contributed by atoms with van der Waals surface area (Å²) >= 11 is 1.74. The van der Waals surface area contributed by atoms with Crippen molar-refractivity contribution >= 4 is 27.3 Å². The molecule has 2 aliphatic heterocycles. The highest BCUT2D eigenvalue weighted by atomic mass is 32.2. The molecule has 0 unspecified atom stereocenters. The van der Waals surface area contributed by atoms with Crippen LogP contribution in [0.15, 0.2) is 16.8 Å². The van der Waals surface area contributed by atoms with Gasteiger partial charge in [0.2, 0.25) is 10.0 Å². The first-order chi connectivity index (χ1) is 12.4. The number of carboxylic acids is 1. The van der Waals surface area contributed by atoms with E-state index in [2.05, 4.69) is 21.7 Å². The molecule has 1 aromatic rings. The standard InChI is InChI=1S/C14H22N2O2S2.C2HF3O2/c1-20(17,18)16-7-2-4-14(16)5-8-15(9-6-14)11-13-3-10-19-12-13;3-2(4,5)1(6)7/h3,10,12H,2,4-9,11H2,1H3;(H,6,7). The molecule has 0 amide bonds. The van der Waals surface area contributed by atoms with Gasteiger partial charge in [0, 0.05) is 31.7 Å². The van der Waals surface area contributed by atoms with Gasteiger partial charge in [-0.25, -0.2) is 13.2 Å². The number of piperidine rings is 1. The van der Waals surface area contributed by atoms with Crippen LogP contribution in [-0.2, 0) is 21.4 Å². The average Bonchev–Trinajstić information content (AvgIpc) is 3.19. The van der Waals surface area contributed by atoms with Gasteiger partial charge in [0.05, 0.1) is 6.26 Å². The van der Waals surface area contributed by atoms with Crippen LogP contribution in [0.25, 0.3) is 0 Å². The number of thiophene rings is 1. The first-order valence-corrected chi connectivity index (χ1v) is 11.2. The fraction of sp³-hybridized carbons (Fsp3) is 0.688. The van der Waals surface area contributed by atoms with E-state index in [0.29, 0.717) is 6.54 Å². The van der Waals surface area contributed by atoms with E-state index >= 15 is 0 Å². The minimum Gasteiger partial charge on any atom is -0.475 e. The molecule has 0 aromatic carbocycles. The third-order valence-electron chi connectivity index (χ3n) is 4.95. The van der Waals surface area contributed by atoms with E-state index in [1.165, 1.54) is 11.8 Å². The lowest BCUT2D eigenvalue weighted by atomic mass is 9.86. The van der Waals surface area contributed by atoms with Crippen molar-refractivity contribution in [2.45, 2.75) is 43.9 Å².